The Morgan fingerprint density at radius 2 is 1.68 bits per heavy atom. The Balaban J connectivity index is 1.54. The van der Waals surface area contributed by atoms with E-state index in [0.29, 0.717) is 30.0 Å². The maximum atomic E-state index is 13.2. The molecular weight excluding hydrogens is 470 g/mol. The summed E-state index contributed by atoms with van der Waals surface area (Å²) in [6, 6.07) is 21.2. The van der Waals surface area contributed by atoms with Crippen molar-refractivity contribution in [2.24, 2.45) is 0 Å². The first-order chi connectivity index (χ1) is 17.9. The van der Waals surface area contributed by atoms with Crippen LogP contribution in [0.3, 0.4) is 0 Å². The van der Waals surface area contributed by atoms with E-state index < -0.39 is 18.2 Å². The van der Waals surface area contributed by atoms with Crippen LogP contribution >= 0.6 is 0 Å². The van der Waals surface area contributed by atoms with Crippen LogP contribution < -0.4 is 10.6 Å². The number of cyclic esters (lactones) is 1. The third-order valence-electron chi connectivity index (χ3n) is 6.37. The molecule has 3 aromatic rings. The first kappa shape index (κ1) is 25.9. The second-order valence-corrected chi connectivity index (χ2v) is 9.03. The number of nitrogens with one attached hydrogen (secondary N) is 2. The number of hydrogen-bond acceptors (Lipinski definition) is 5. The van der Waals surface area contributed by atoms with E-state index in [1.54, 1.807) is 43.5 Å². The van der Waals surface area contributed by atoms with Gasteiger partial charge in [0.25, 0.3) is 5.91 Å². The van der Waals surface area contributed by atoms with E-state index in [1.165, 1.54) is 4.90 Å². The molecule has 0 aromatic heterocycles. The van der Waals surface area contributed by atoms with Gasteiger partial charge in [0.05, 0.1) is 13.2 Å². The number of ether oxygens (including phenoxy) is 2. The largest absolute Gasteiger partial charge is 0.438 e. The van der Waals surface area contributed by atoms with Crippen molar-refractivity contribution >= 4 is 23.6 Å². The summed E-state index contributed by atoms with van der Waals surface area (Å²) in [5.74, 6) is -0.543. The van der Waals surface area contributed by atoms with Gasteiger partial charge in [-0.3, -0.25) is 14.5 Å². The average molecular weight is 502 g/mol. The second-order valence-electron chi connectivity index (χ2n) is 9.03. The van der Waals surface area contributed by atoms with Gasteiger partial charge in [-0.2, -0.15) is 0 Å². The number of carbonyl (C=O) groups is 3. The van der Waals surface area contributed by atoms with E-state index >= 15 is 0 Å². The molecule has 37 heavy (non-hydrogen) atoms. The van der Waals surface area contributed by atoms with Crippen LogP contribution in [0.15, 0.2) is 72.8 Å². The van der Waals surface area contributed by atoms with Crippen molar-refractivity contribution in [2.75, 3.05) is 25.6 Å². The number of carbonyl (C=O) groups excluding carboxylic acids is 3. The van der Waals surface area contributed by atoms with E-state index in [2.05, 4.69) is 10.6 Å². The molecule has 1 heterocycles. The van der Waals surface area contributed by atoms with Gasteiger partial charge in [-0.25, -0.2) is 4.79 Å². The molecule has 0 aliphatic carbocycles. The Kier molecular flexibility index (Phi) is 8.20. The van der Waals surface area contributed by atoms with Gasteiger partial charge in [0, 0.05) is 24.9 Å². The highest BCUT2D eigenvalue weighted by molar-refractivity contribution is 6.04. The van der Waals surface area contributed by atoms with Crippen molar-refractivity contribution in [1.29, 1.82) is 0 Å². The SMILES string of the molecule is COCCNC(=O)C1C(c2ccc(NC(=O)c3ccc(C)cc3)cc2)OC(=O)N1Cc1ccccc1C. The lowest BCUT2D eigenvalue weighted by Gasteiger charge is -2.24. The molecule has 8 nitrogen and oxygen atoms in total. The molecule has 3 amide bonds. The molecule has 2 atom stereocenters. The van der Waals surface area contributed by atoms with Crippen molar-refractivity contribution < 1.29 is 23.9 Å². The molecule has 8 heteroatoms. The molecule has 0 radical (unpaired) electrons. The molecular formula is C29H31N3O5. The highest BCUT2D eigenvalue weighted by Crippen LogP contribution is 2.35. The van der Waals surface area contributed by atoms with Crippen LogP contribution in [0.2, 0.25) is 0 Å². The standard InChI is InChI=1S/C29H31N3O5/c1-19-8-10-22(11-9-19)27(33)31-24-14-12-21(13-15-24)26-25(28(34)30-16-17-36-3)32(29(35)37-26)18-23-7-5-4-6-20(23)2/h4-15,25-26H,16-18H2,1-3H3,(H,30,34)(H,31,33). The lowest BCUT2D eigenvalue weighted by atomic mass is 9.99. The van der Waals surface area contributed by atoms with Crippen LogP contribution in [0.5, 0.6) is 0 Å². The molecule has 1 aliphatic heterocycles. The Hall–Kier alpha value is -4.17. The van der Waals surface area contributed by atoms with Crippen LogP contribution in [0.1, 0.15) is 38.7 Å². The summed E-state index contributed by atoms with van der Waals surface area (Å²) in [4.78, 5) is 40.2. The molecule has 1 saturated heterocycles. The third-order valence-corrected chi connectivity index (χ3v) is 6.37. The lowest BCUT2D eigenvalue weighted by molar-refractivity contribution is -0.126. The van der Waals surface area contributed by atoms with E-state index in [0.717, 1.165) is 16.7 Å². The van der Waals surface area contributed by atoms with Gasteiger partial charge in [-0.15, -0.1) is 0 Å². The summed E-state index contributed by atoms with van der Waals surface area (Å²) in [5, 5.41) is 5.71. The topological polar surface area (TPSA) is 97.0 Å². The van der Waals surface area contributed by atoms with E-state index in [4.69, 9.17) is 9.47 Å². The molecule has 192 valence electrons. The summed E-state index contributed by atoms with van der Waals surface area (Å²) >= 11 is 0. The first-order valence-electron chi connectivity index (χ1n) is 12.1. The normalized spacial score (nSPS) is 16.8. The second kappa shape index (κ2) is 11.7. The van der Waals surface area contributed by atoms with Gasteiger partial charge in [0.15, 0.2) is 12.1 Å². The fraction of sp³-hybridized carbons (Fsp3) is 0.276. The molecule has 1 fully saturated rings. The number of methoxy groups -OCH3 is 1. The van der Waals surface area contributed by atoms with E-state index in [9.17, 15) is 14.4 Å². The van der Waals surface area contributed by atoms with Gasteiger partial charge in [-0.05, 0) is 54.8 Å². The quantitative estimate of drug-likeness (QED) is 0.424. The number of amides is 3. The van der Waals surface area contributed by atoms with Gasteiger partial charge in [0.2, 0.25) is 5.91 Å². The number of hydrogen-bond donors (Lipinski definition) is 2. The average Bonchev–Trinajstić information content (AvgIpc) is 3.22. The van der Waals surface area contributed by atoms with Crippen molar-refractivity contribution in [1.82, 2.24) is 10.2 Å². The molecule has 3 aromatic carbocycles. The highest BCUT2D eigenvalue weighted by Gasteiger charge is 2.47. The van der Waals surface area contributed by atoms with Crippen molar-refractivity contribution in [3.63, 3.8) is 0 Å². The van der Waals surface area contributed by atoms with Gasteiger partial charge in [0.1, 0.15) is 0 Å². The smallest absolute Gasteiger partial charge is 0.411 e. The number of nitrogens with zero attached hydrogens (tertiary/aromatic N) is 1. The first-order valence-corrected chi connectivity index (χ1v) is 12.1. The van der Waals surface area contributed by atoms with Crippen molar-refractivity contribution in [3.05, 3.63) is 101 Å². The summed E-state index contributed by atoms with van der Waals surface area (Å²) < 4.78 is 10.8. The molecule has 0 spiro atoms. The number of benzene rings is 3. The predicted molar refractivity (Wildman–Crippen MR) is 140 cm³/mol. The molecule has 0 bridgehead atoms. The van der Waals surface area contributed by atoms with Crippen LogP contribution in [0, 0.1) is 13.8 Å². The monoisotopic (exact) mass is 501 g/mol. The Morgan fingerprint density at radius 3 is 2.35 bits per heavy atom. The molecule has 0 saturated carbocycles. The maximum absolute atomic E-state index is 13.2. The summed E-state index contributed by atoms with van der Waals surface area (Å²) in [6.45, 7) is 4.84. The molecule has 2 N–H and O–H groups in total. The van der Waals surface area contributed by atoms with Gasteiger partial charge in [-0.1, -0.05) is 54.1 Å². The van der Waals surface area contributed by atoms with Gasteiger partial charge < -0.3 is 20.1 Å². The summed E-state index contributed by atoms with van der Waals surface area (Å²) in [6.07, 6.45) is -1.36. The zero-order valence-electron chi connectivity index (χ0n) is 21.2. The minimum Gasteiger partial charge on any atom is -0.438 e. The summed E-state index contributed by atoms with van der Waals surface area (Å²) in [7, 11) is 1.56. The van der Waals surface area contributed by atoms with E-state index in [1.807, 2.05) is 50.2 Å². The molecule has 2 unspecified atom stereocenters. The molecule has 1 aliphatic rings. The predicted octanol–water partition coefficient (Wildman–Crippen LogP) is 4.38. The third kappa shape index (κ3) is 6.16. The molecule has 4 rings (SSSR count). The minimum atomic E-state index is -0.864. The van der Waals surface area contributed by atoms with E-state index in [-0.39, 0.29) is 18.4 Å². The van der Waals surface area contributed by atoms with Crippen LogP contribution in [-0.4, -0.2) is 49.1 Å². The zero-order valence-corrected chi connectivity index (χ0v) is 21.2. The Labute approximate surface area is 216 Å². The maximum Gasteiger partial charge on any atom is 0.411 e. The lowest BCUT2D eigenvalue weighted by Crippen LogP contribution is -2.47. The fourth-order valence-electron chi connectivity index (χ4n) is 4.23. The highest BCUT2D eigenvalue weighted by atomic mass is 16.6. The van der Waals surface area contributed by atoms with Crippen molar-refractivity contribution in [2.45, 2.75) is 32.5 Å². The van der Waals surface area contributed by atoms with Crippen LogP contribution in [-0.2, 0) is 20.8 Å². The Bertz CT molecular complexity index is 1260. The van der Waals surface area contributed by atoms with Crippen molar-refractivity contribution in [3.8, 4) is 0 Å². The number of aryl methyl sites for hydroxylation is 2. The van der Waals surface area contributed by atoms with Crippen LogP contribution in [0.25, 0.3) is 0 Å². The number of rotatable bonds is 9. The minimum absolute atomic E-state index is 0.222. The van der Waals surface area contributed by atoms with Crippen LogP contribution in [0.4, 0.5) is 10.5 Å². The summed E-state index contributed by atoms with van der Waals surface area (Å²) in [5.41, 5.74) is 4.83. The van der Waals surface area contributed by atoms with Gasteiger partial charge >= 0.3 is 6.09 Å². The number of anilines is 1. The fourth-order valence-corrected chi connectivity index (χ4v) is 4.23. The zero-order chi connectivity index (χ0) is 26.4. The Morgan fingerprint density at radius 1 is 0.973 bits per heavy atom.